The molecule has 3 rings (SSSR count). The molecule has 0 saturated heterocycles. The second-order valence-corrected chi connectivity index (χ2v) is 10.8. The number of benzene rings is 3. The fourth-order valence-electron chi connectivity index (χ4n) is 2.98. The Morgan fingerprint density at radius 3 is 2.15 bits per heavy atom. The molecule has 0 fully saturated rings. The molecule has 1 amide bonds. The van der Waals surface area contributed by atoms with Crippen LogP contribution in [0.1, 0.15) is 15.9 Å². The first-order valence-electron chi connectivity index (χ1n) is 9.92. The van der Waals surface area contributed by atoms with Gasteiger partial charge in [0.15, 0.2) is 0 Å². The van der Waals surface area contributed by atoms with Gasteiger partial charge >= 0.3 is 0 Å². The van der Waals surface area contributed by atoms with Gasteiger partial charge in [0.2, 0.25) is 10.0 Å². The lowest BCUT2D eigenvalue weighted by molar-refractivity contribution is 0.0947. The Kier molecular flexibility index (Phi) is 8.95. The number of carbonyl (C=O) groups is 1. The largest absolute Gasteiger partial charge is 0.492 e. The molecular weight excluding hydrogens is 542 g/mol. The maximum Gasteiger partial charge on any atom is 0.251 e. The Morgan fingerprint density at radius 1 is 0.912 bits per heavy atom. The minimum atomic E-state index is -3.69. The highest BCUT2D eigenvalue weighted by atomic mass is 35.5. The SMILES string of the molecule is CS(=O)(=O)N(Cc1ccc(C(=O)NCCOc2ccc(Cl)cc2)cc1)c1cc(Cl)c(Cl)cc1Cl. The number of carbonyl (C=O) groups excluding carboxylic acids is 1. The van der Waals surface area contributed by atoms with Crippen LogP contribution in [0.25, 0.3) is 0 Å². The molecule has 0 saturated carbocycles. The summed E-state index contributed by atoms with van der Waals surface area (Å²) in [6, 6.07) is 16.3. The van der Waals surface area contributed by atoms with Crippen molar-refractivity contribution in [3.05, 3.63) is 91.9 Å². The van der Waals surface area contributed by atoms with Crippen LogP contribution in [0.4, 0.5) is 5.69 Å². The maximum absolute atomic E-state index is 12.4. The van der Waals surface area contributed by atoms with Crippen molar-refractivity contribution in [1.82, 2.24) is 5.32 Å². The van der Waals surface area contributed by atoms with Crippen LogP contribution >= 0.6 is 46.4 Å². The van der Waals surface area contributed by atoms with Crippen molar-refractivity contribution in [1.29, 1.82) is 0 Å². The van der Waals surface area contributed by atoms with E-state index in [4.69, 9.17) is 51.1 Å². The lowest BCUT2D eigenvalue weighted by Gasteiger charge is -2.24. The zero-order valence-corrected chi connectivity index (χ0v) is 21.7. The predicted octanol–water partition coefficient (Wildman–Crippen LogP) is 6.08. The van der Waals surface area contributed by atoms with Crippen LogP contribution in [0, 0.1) is 0 Å². The smallest absolute Gasteiger partial charge is 0.251 e. The van der Waals surface area contributed by atoms with E-state index in [1.807, 2.05) is 0 Å². The summed E-state index contributed by atoms with van der Waals surface area (Å²) >= 11 is 24.1. The lowest BCUT2D eigenvalue weighted by atomic mass is 10.1. The average Bonchev–Trinajstić information content (AvgIpc) is 2.78. The van der Waals surface area contributed by atoms with E-state index in [0.29, 0.717) is 35.1 Å². The molecule has 0 aliphatic rings. The lowest BCUT2D eigenvalue weighted by Crippen LogP contribution is -2.30. The van der Waals surface area contributed by atoms with Crippen molar-refractivity contribution in [2.75, 3.05) is 23.7 Å². The van der Waals surface area contributed by atoms with E-state index in [-0.39, 0.29) is 33.2 Å². The van der Waals surface area contributed by atoms with Crippen LogP contribution in [0.2, 0.25) is 20.1 Å². The zero-order chi connectivity index (χ0) is 24.9. The molecule has 0 heterocycles. The maximum atomic E-state index is 12.4. The van der Waals surface area contributed by atoms with Crippen LogP contribution in [-0.4, -0.2) is 33.7 Å². The first kappa shape index (κ1) is 26.4. The minimum Gasteiger partial charge on any atom is -0.492 e. The van der Waals surface area contributed by atoms with Crippen LogP contribution in [-0.2, 0) is 16.6 Å². The molecule has 3 aromatic carbocycles. The number of ether oxygens (including phenoxy) is 1. The number of hydrogen-bond donors (Lipinski definition) is 1. The van der Waals surface area contributed by atoms with E-state index in [1.165, 1.54) is 12.1 Å². The molecule has 0 unspecified atom stereocenters. The van der Waals surface area contributed by atoms with Crippen LogP contribution in [0.5, 0.6) is 5.75 Å². The number of rotatable bonds is 9. The van der Waals surface area contributed by atoms with Gasteiger partial charge in [0.25, 0.3) is 5.91 Å². The minimum absolute atomic E-state index is 0.00660. The number of nitrogens with zero attached hydrogens (tertiary/aromatic N) is 1. The molecule has 0 radical (unpaired) electrons. The number of anilines is 1. The fraction of sp³-hybridized carbons (Fsp3) is 0.174. The molecule has 0 aliphatic heterocycles. The third-order valence-electron chi connectivity index (χ3n) is 4.67. The van der Waals surface area contributed by atoms with E-state index < -0.39 is 10.0 Å². The van der Waals surface area contributed by atoms with Gasteiger partial charge in [0, 0.05) is 10.6 Å². The second-order valence-electron chi connectivity index (χ2n) is 7.24. The molecule has 3 aromatic rings. The summed E-state index contributed by atoms with van der Waals surface area (Å²) in [6.07, 6.45) is 1.07. The van der Waals surface area contributed by atoms with Gasteiger partial charge in [-0.1, -0.05) is 58.5 Å². The van der Waals surface area contributed by atoms with Crippen molar-refractivity contribution in [2.24, 2.45) is 0 Å². The van der Waals surface area contributed by atoms with Crippen LogP contribution < -0.4 is 14.4 Å². The van der Waals surface area contributed by atoms with Crippen molar-refractivity contribution < 1.29 is 17.9 Å². The molecule has 0 atom stereocenters. The fourth-order valence-corrected chi connectivity index (χ4v) is 4.69. The van der Waals surface area contributed by atoms with Gasteiger partial charge in [-0.05, 0) is 54.1 Å². The molecule has 0 spiro atoms. The van der Waals surface area contributed by atoms with Gasteiger partial charge in [-0.2, -0.15) is 0 Å². The van der Waals surface area contributed by atoms with E-state index >= 15 is 0 Å². The summed E-state index contributed by atoms with van der Waals surface area (Å²) < 4.78 is 31.5. The Balaban J connectivity index is 1.62. The first-order chi connectivity index (χ1) is 16.0. The van der Waals surface area contributed by atoms with Crippen LogP contribution in [0.3, 0.4) is 0 Å². The summed E-state index contributed by atoms with van der Waals surface area (Å²) in [5.41, 5.74) is 1.28. The summed E-state index contributed by atoms with van der Waals surface area (Å²) in [5.74, 6) is 0.374. The normalized spacial score (nSPS) is 11.2. The monoisotopic (exact) mass is 560 g/mol. The highest BCUT2D eigenvalue weighted by Crippen LogP contribution is 2.36. The molecule has 0 aliphatic carbocycles. The molecule has 1 N–H and O–H groups in total. The van der Waals surface area contributed by atoms with Crippen LogP contribution in [0.15, 0.2) is 60.7 Å². The van der Waals surface area contributed by atoms with Crippen molar-refractivity contribution in [3.63, 3.8) is 0 Å². The number of halogens is 4. The van der Waals surface area contributed by atoms with Gasteiger partial charge in [0.05, 0.1) is 40.1 Å². The Morgan fingerprint density at radius 2 is 1.53 bits per heavy atom. The molecule has 34 heavy (non-hydrogen) atoms. The zero-order valence-electron chi connectivity index (χ0n) is 17.9. The van der Waals surface area contributed by atoms with E-state index in [0.717, 1.165) is 10.6 Å². The number of amides is 1. The second kappa shape index (κ2) is 11.5. The Labute approximate surface area is 218 Å². The Hall–Kier alpha value is -2.16. The summed E-state index contributed by atoms with van der Waals surface area (Å²) in [4.78, 5) is 12.4. The van der Waals surface area contributed by atoms with E-state index in [1.54, 1.807) is 48.5 Å². The summed E-state index contributed by atoms with van der Waals surface area (Å²) in [6.45, 7) is 0.591. The third-order valence-corrected chi connectivity index (χ3v) is 7.07. The van der Waals surface area contributed by atoms with Gasteiger partial charge in [-0.3, -0.25) is 9.10 Å². The van der Waals surface area contributed by atoms with E-state index in [2.05, 4.69) is 5.32 Å². The molecular formula is C23H20Cl4N2O4S. The molecule has 0 bridgehead atoms. The summed E-state index contributed by atoms with van der Waals surface area (Å²) in [5, 5.41) is 3.94. The number of sulfonamides is 1. The molecule has 180 valence electrons. The number of hydrogen-bond acceptors (Lipinski definition) is 4. The van der Waals surface area contributed by atoms with Gasteiger partial charge in [-0.25, -0.2) is 8.42 Å². The standard InChI is InChI=1S/C23H20Cl4N2O4S/c1-34(31,32)29(22-13-20(26)19(25)12-21(22)27)14-15-2-4-16(5-3-15)23(30)28-10-11-33-18-8-6-17(24)7-9-18/h2-9,12-13H,10-11,14H2,1H3,(H,28,30). The molecule has 11 heteroatoms. The molecule has 6 nitrogen and oxygen atoms in total. The van der Waals surface area contributed by atoms with E-state index in [9.17, 15) is 13.2 Å². The van der Waals surface area contributed by atoms with Crippen molar-refractivity contribution >= 4 is 68.0 Å². The highest BCUT2D eigenvalue weighted by Gasteiger charge is 2.22. The predicted molar refractivity (Wildman–Crippen MR) is 138 cm³/mol. The van der Waals surface area contributed by atoms with Gasteiger partial charge < -0.3 is 10.1 Å². The summed E-state index contributed by atoms with van der Waals surface area (Å²) in [7, 11) is -3.69. The highest BCUT2D eigenvalue weighted by molar-refractivity contribution is 7.92. The number of nitrogens with one attached hydrogen (secondary N) is 1. The Bertz CT molecular complexity index is 1270. The first-order valence-corrected chi connectivity index (χ1v) is 13.3. The van der Waals surface area contributed by atoms with Gasteiger partial charge in [0.1, 0.15) is 12.4 Å². The van der Waals surface area contributed by atoms with Gasteiger partial charge in [-0.15, -0.1) is 0 Å². The molecule has 0 aromatic heterocycles. The third kappa shape index (κ3) is 7.17. The van der Waals surface area contributed by atoms with Crippen molar-refractivity contribution in [3.8, 4) is 5.75 Å². The quantitative estimate of drug-likeness (QED) is 0.254. The topological polar surface area (TPSA) is 75.7 Å². The average molecular weight is 562 g/mol. The van der Waals surface area contributed by atoms with Crippen molar-refractivity contribution in [2.45, 2.75) is 6.54 Å².